The van der Waals surface area contributed by atoms with Gasteiger partial charge in [0.15, 0.2) is 0 Å². The highest BCUT2D eigenvalue weighted by Crippen LogP contribution is 2.09. The van der Waals surface area contributed by atoms with E-state index in [1.54, 1.807) is 24.3 Å². The average Bonchev–Trinajstić information content (AvgIpc) is 2.31. The summed E-state index contributed by atoms with van der Waals surface area (Å²) in [5.41, 5.74) is 6.83. The second-order valence-corrected chi connectivity index (χ2v) is 5.88. The van der Waals surface area contributed by atoms with Crippen molar-refractivity contribution >= 4 is 15.7 Å². The van der Waals surface area contributed by atoms with Crippen molar-refractivity contribution in [3.8, 4) is 12.3 Å². The molecule has 0 aliphatic heterocycles. The molecule has 1 atom stereocenters. The number of nitrogens with one attached hydrogen (secondary N) is 1. The van der Waals surface area contributed by atoms with Crippen LogP contribution in [0.2, 0.25) is 0 Å². The largest absolute Gasteiger partial charge is 0.399 e. The molecule has 1 unspecified atom stereocenters. The van der Waals surface area contributed by atoms with E-state index in [0.717, 1.165) is 6.42 Å². The molecule has 3 N–H and O–H groups in total. The van der Waals surface area contributed by atoms with Gasteiger partial charge in [-0.3, -0.25) is 0 Å². The van der Waals surface area contributed by atoms with Crippen LogP contribution in [0.4, 0.5) is 5.69 Å². The van der Waals surface area contributed by atoms with Gasteiger partial charge >= 0.3 is 0 Å². The summed E-state index contributed by atoms with van der Waals surface area (Å²) in [7, 11) is -3.41. The van der Waals surface area contributed by atoms with Crippen LogP contribution in [-0.2, 0) is 15.8 Å². The van der Waals surface area contributed by atoms with E-state index in [4.69, 9.17) is 12.2 Å². The van der Waals surface area contributed by atoms with Gasteiger partial charge in [-0.1, -0.05) is 31.4 Å². The Labute approximate surface area is 109 Å². The lowest BCUT2D eigenvalue weighted by atomic mass is 10.2. The quantitative estimate of drug-likeness (QED) is 0.605. The number of hydrogen-bond donors (Lipinski definition) is 2. The highest BCUT2D eigenvalue weighted by molar-refractivity contribution is 7.88. The summed E-state index contributed by atoms with van der Waals surface area (Å²) in [5.74, 6) is 2.36. The Morgan fingerprint density at radius 2 is 2.00 bits per heavy atom. The number of sulfonamides is 1. The van der Waals surface area contributed by atoms with Crippen LogP contribution in [0.25, 0.3) is 0 Å². The molecule has 4 nitrogen and oxygen atoms in total. The minimum absolute atomic E-state index is 0.0881. The Kier molecular flexibility index (Phi) is 5.20. The van der Waals surface area contributed by atoms with Crippen molar-refractivity contribution in [1.29, 1.82) is 0 Å². The summed E-state index contributed by atoms with van der Waals surface area (Å²) in [6.07, 6.45) is 6.75. The molecular formula is C13H18N2O2S. The number of hydrogen-bond acceptors (Lipinski definition) is 3. The van der Waals surface area contributed by atoms with E-state index in [0.29, 0.717) is 17.7 Å². The molecule has 0 saturated carbocycles. The molecular weight excluding hydrogens is 248 g/mol. The molecule has 0 heterocycles. The Bertz CT molecular complexity index is 515. The molecule has 5 heteroatoms. The van der Waals surface area contributed by atoms with Crippen LogP contribution in [0.3, 0.4) is 0 Å². The molecule has 0 aliphatic rings. The SMILES string of the molecule is C#CC(CCC)NS(=O)(=O)Cc1ccc(N)cc1. The van der Waals surface area contributed by atoms with E-state index in [9.17, 15) is 8.42 Å². The Morgan fingerprint density at radius 3 is 2.50 bits per heavy atom. The van der Waals surface area contributed by atoms with E-state index in [2.05, 4.69) is 10.6 Å². The van der Waals surface area contributed by atoms with Crippen LogP contribution in [0.5, 0.6) is 0 Å². The van der Waals surface area contributed by atoms with Gasteiger partial charge in [-0.2, -0.15) is 0 Å². The molecule has 1 aromatic carbocycles. The lowest BCUT2D eigenvalue weighted by Gasteiger charge is -2.12. The van der Waals surface area contributed by atoms with E-state index < -0.39 is 16.1 Å². The van der Waals surface area contributed by atoms with Crippen LogP contribution in [-0.4, -0.2) is 14.5 Å². The van der Waals surface area contributed by atoms with Gasteiger partial charge in [0.2, 0.25) is 10.0 Å². The minimum atomic E-state index is -3.41. The zero-order valence-electron chi connectivity index (χ0n) is 10.4. The third kappa shape index (κ3) is 4.78. The van der Waals surface area contributed by atoms with Crippen LogP contribution in [0.1, 0.15) is 25.3 Å². The van der Waals surface area contributed by atoms with Gasteiger partial charge in [0, 0.05) is 5.69 Å². The first-order valence-corrected chi connectivity index (χ1v) is 7.42. The van der Waals surface area contributed by atoms with Gasteiger partial charge in [-0.15, -0.1) is 6.42 Å². The zero-order valence-corrected chi connectivity index (χ0v) is 11.2. The normalized spacial score (nSPS) is 12.9. The second-order valence-electron chi connectivity index (χ2n) is 4.13. The maximum Gasteiger partial charge on any atom is 0.216 e. The van der Waals surface area contributed by atoms with Crippen molar-refractivity contribution in [1.82, 2.24) is 4.72 Å². The fourth-order valence-corrected chi connectivity index (χ4v) is 2.89. The van der Waals surface area contributed by atoms with Gasteiger partial charge < -0.3 is 5.73 Å². The maximum absolute atomic E-state index is 11.9. The van der Waals surface area contributed by atoms with Gasteiger partial charge in [0.05, 0.1) is 11.8 Å². The number of nitrogen functional groups attached to an aromatic ring is 1. The van der Waals surface area contributed by atoms with Crippen molar-refractivity contribution in [2.75, 3.05) is 5.73 Å². The van der Waals surface area contributed by atoms with Crippen molar-refractivity contribution in [2.45, 2.75) is 31.6 Å². The summed E-state index contributed by atoms with van der Waals surface area (Å²) >= 11 is 0. The third-order valence-corrected chi connectivity index (χ3v) is 3.79. The Hall–Kier alpha value is -1.51. The molecule has 1 aromatic rings. The van der Waals surface area contributed by atoms with Gasteiger partial charge in [-0.05, 0) is 24.1 Å². The number of benzene rings is 1. The van der Waals surface area contributed by atoms with Crippen LogP contribution < -0.4 is 10.5 Å². The molecule has 0 spiro atoms. The van der Waals surface area contributed by atoms with E-state index in [-0.39, 0.29) is 5.75 Å². The van der Waals surface area contributed by atoms with Crippen molar-refractivity contribution in [2.24, 2.45) is 0 Å². The number of nitrogens with two attached hydrogens (primary N) is 1. The summed E-state index contributed by atoms with van der Waals surface area (Å²) < 4.78 is 26.3. The molecule has 0 aliphatic carbocycles. The molecule has 0 bridgehead atoms. The molecule has 0 fully saturated rings. The summed E-state index contributed by atoms with van der Waals surface area (Å²) in [6.45, 7) is 1.96. The molecule has 98 valence electrons. The fourth-order valence-electron chi connectivity index (χ4n) is 1.56. The summed E-state index contributed by atoms with van der Waals surface area (Å²) in [4.78, 5) is 0. The standard InChI is InChI=1S/C13H18N2O2S/c1-3-5-13(4-2)15-18(16,17)10-11-6-8-12(14)9-7-11/h2,6-9,13,15H,3,5,10,14H2,1H3. The lowest BCUT2D eigenvalue weighted by Crippen LogP contribution is -2.34. The second kappa shape index (κ2) is 6.43. The van der Waals surface area contributed by atoms with E-state index in [1.165, 1.54) is 0 Å². The third-order valence-electron chi connectivity index (χ3n) is 2.44. The average molecular weight is 266 g/mol. The lowest BCUT2D eigenvalue weighted by molar-refractivity contribution is 0.563. The first-order chi connectivity index (χ1) is 8.46. The molecule has 0 radical (unpaired) electrons. The molecule has 1 rings (SSSR count). The van der Waals surface area contributed by atoms with Crippen LogP contribution in [0, 0.1) is 12.3 Å². The topological polar surface area (TPSA) is 72.2 Å². The fraction of sp³-hybridized carbons (Fsp3) is 0.385. The van der Waals surface area contributed by atoms with Gasteiger partial charge in [0.1, 0.15) is 0 Å². The van der Waals surface area contributed by atoms with Crippen LogP contribution in [0.15, 0.2) is 24.3 Å². The molecule has 18 heavy (non-hydrogen) atoms. The van der Waals surface area contributed by atoms with Crippen molar-refractivity contribution in [3.63, 3.8) is 0 Å². The predicted molar refractivity (Wildman–Crippen MR) is 74.1 cm³/mol. The highest BCUT2D eigenvalue weighted by Gasteiger charge is 2.16. The Balaban J connectivity index is 2.70. The monoisotopic (exact) mass is 266 g/mol. The number of rotatable bonds is 6. The van der Waals surface area contributed by atoms with Crippen LogP contribution >= 0.6 is 0 Å². The zero-order chi connectivity index (χ0) is 13.6. The van der Waals surface area contributed by atoms with E-state index in [1.807, 2.05) is 6.92 Å². The maximum atomic E-state index is 11.9. The van der Waals surface area contributed by atoms with Crippen molar-refractivity contribution < 1.29 is 8.42 Å². The van der Waals surface area contributed by atoms with Gasteiger partial charge in [0.25, 0.3) is 0 Å². The summed E-state index contributed by atoms with van der Waals surface area (Å²) in [5, 5.41) is 0. The Morgan fingerprint density at radius 1 is 1.39 bits per heavy atom. The van der Waals surface area contributed by atoms with E-state index >= 15 is 0 Å². The van der Waals surface area contributed by atoms with Gasteiger partial charge in [-0.25, -0.2) is 13.1 Å². The molecule has 0 saturated heterocycles. The van der Waals surface area contributed by atoms with Crippen molar-refractivity contribution in [3.05, 3.63) is 29.8 Å². The highest BCUT2D eigenvalue weighted by atomic mass is 32.2. The number of terminal acetylenes is 1. The molecule has 0 amide bonds. The summed E-state index contributed by atoms with van der Waals surface area (Å²) in [6, 6.07) is 6.30. The minimum Gasteiger partial charge on any atom is -0.399 e. The predicted octanol–water partition coefficient (Wildman–Crippen LogP) is 1.49. The molecule has 0 aromatic heterocycles. The number of anilines is 1. The first kappa shape index (κ1) is 14.6. The smallest absolute Gasteiger partial charge is 0.216 e. The first-order valence-electron chi connectivity index (χ1n) is 5.77.